The second kappa shape index (κ2) is 8.03. The first-order chi connectivity index (χ1) is 12.1. The molecule has 2 aliphatic rings. The highest BCUT2D eigenvalue weighted by atomic mass is 16.2. The first-order valence-corrected chi connectivity index (χ1v) is 9.78. The molecule has 1 aromatic rings. The zero-order valence-electron chi connectivity index (χ0n) is 15.5. The van der Waals surface area contributed by atoms with Crippen molar-refractivity contribution in [2.45, 2.75) is 70.8 Å². The predicted molar refractivity (Wildman–Crippen MR) is 100 cm³/mol. The van der Waals surface area contributed by atoms with Gasteiger partial charge in [0, 0.05) is 24.7 Å². The largest absolute Gasteiger partial charge is 0.339 e. The normalized spacial score (nSPS) is 22.9. The van der Waals surface area contributed by atoms with Crippen LogP contribution in [-0.2, 0) is 9.59 Å². The summed E-state index contributed by atoms with van der Waals surface area (Å²) in [7, 11) is 0. The molecular formula is C21H30N2O2. The summed E-state index contributed by atoms with van der Waals surface area (Å²) in [6.45, 7) is 4.97. The van der Waals surface area contributed by atoms with Crippen LogP contribution in [0.2, 0.25) is 0 Å². The van der Waals surface area contributed by atoms with Gasteiger partial charge in [-0.05, 0) is 42.9 Å². The molecule has 1 saturated carbocycles. The lowest BCUT2D eigenvalue weighted by atomic mass is 9.94. The van der Waals surface area contributed by atoms with Gasteiger partial charge in [0.25, 0.3) is 0 Å². The van der Waals surface area contributed by atoms with Crippen LogP contribution in [0.4, 0.5) is 5.69 Å². The Bertz CT molecular complexity index is 605. The number of carbonyl (C=O) groups excluding carboxylic acids is 2. The molecule has 3 rings (SSSR count). The molecule has 25 heavy (non-hydrogen) atoms. The molecule has 0 unspecified atom stereocenters. The molecule has 0 bridgehead atoms. The highest BCUT2D eigenvalue weighted by Crippen LogP contribution is 2.29. The van der Waals surface area contributed by atoms with Gasteiger partial charge in [-0.25, -0.2) is 0 Å². The van der Waals surface area contributed by atoms with E-state index >= 15 is 0 Å². The molecule has 4 heteroatoms. The van der Waals surface area contributed by atoms with Crippen LogP contribution in [0.5, 0.6) is 0 Å². The number of amides is 2. The van der Waals surface area contributed by atoms with Crippen LogP contribution in [0.25, 0.3) is 0 Å². The van der Waals surface area contributed by atoms with Crippen molar-refractivity contribution in [1.29, 1.82) is 0 Å². The summed E-state index contributed by atoms with van der Waals surface area (Å²) >= 11 is 0. The summed E-state index contributed by atoms with van der Waals surface area (Å²) in [6.07, 6.45) is 7.32. The highest BCUT2D eigenvalue weighted by Gasteiger charge is 2.38. The molecule has 1 aromatic carbocycles. The van der Waals surface area contributed by atoms with Crippen molar-refractivity contribution in [2.24, 2.45) is 5.92 Å². The second-order valence-electron chi connectivity index (χ2n) is 7.66. The Hall–Kier alpha value is -1.84. The number of nitrogens with zero attached hydrogens (tertiary/aromatic N) is 1. The van der Waals surface area contributed by atoms with Crippen molar-refractivity contribution in [3.63, 3.8) is 0 Å². The van der Waals surface area contributed by atoms with E-state index in [1.807, 2.05) is 17.0 Å². The average molecular weight is 342 g/mol. The summed E-state index contributed by atoms with van der Waals surface area (Å²) in [5.41, 5.74) is 2.11. The third-order valence-electron chi connectivity index (χ3n) is 5.90. The number of nitrogens with one attached hydrogen (secondary N) is 1. The van der Waals surface area contributed by atoms with Gasteiger partial charge in [0.15, 0.2) is 0 Å². The molecule has 1 aliphatic carbocycles. The Morgan fingerprint density at radius 3 is 2.52 bits per heavy atom. The van der Waals surface area contributed by atoms with Gasteiger partial charge in [-0.1, -0.05) is 45.2 Å². The quantitative estimate of drug-likeness (QED) is 0.866. The van der Waals surface area contributed by atoms with Gasteiger partial charge in [-0.2, -0.15) is 0 Å². The number of hydrogen-bond donors (Lipinski definition) is 1. The van der Waals surface area contributed by atoms with Gasteiger partial charge in [-0.15, -0.1) is 0 Å². The van der Waals surface area contributed by atoms with Crippen molar-refractivity contribution in [3.8, 4) is 0 Å². The molecular weight excluding hydrogens is 312 g/mol. The Morgan fingerprint density at radius 1 is 1.20 bits per heavy atom. The standard InChI is InChI=1S/C21H30N2O2/c1-3-15(2)16-9-11-18(12-10-16)22-21(25)17-13-20(24)23(14-17)19-7-5-4-6-8-19/h9-12,15,17,19H,3-8,13-14H2,1-2H3,(H,22,25)/t15-,17-/m1/s1. The van der Waals surface area contributed by atoms with E-state index in [2.05, 4.69) is 31.3 Å². The topological polar surface area (TPSA) is 49.4 Å². The van der Waals surface area contributed by atoms with Gasteiger partial charge in [0.2, 0.25) is 11.8 Å². The molecule has 1 N–H and O–H groups in total. The maximum absolute atomic E-state index is 12.6. The monoisotopic (exact) mass is 342 g/mol. The minimum Gasteiger partial charge on any atom is -0.339 e. The summed E-state index contributed by atoms with van der Waals surface area (Å²) in [4.78, 5) is 26.9. The molecule has 1 saturated heterocycles. The number of anilines is 1. The Morgan fingerprint density at radius 2 is 1.88 bits per heavy atom. The van der Waals surface area contributed by atoms with Crippen LogP contribution in [-0.4, -0.2) is 29.3 Å². The number of hydrogen-bond acceptors (Lipinski definition) is 2. The Kier molecular flexibility index (Phi) is 5.77. The highest BCUT2D eigenvalue weighted by molar-refractivity contribution is 5.97. The summed E-state index contributed by atoms with van der Waals surface area (Å²) in [5, 5.41) is 2.99. The SMILES string of the molecule is CC[C@@H](C)c1ccc(NC(=O)[C@@H]2CC(=O)N(C3CCCCC3)C2)cc1. The molecule has 136 valence electrons. The van der Waals surface area contributed by atoms with Crippen molar-refractivity contribution in [2.75, 3.05) is 11.9 Å². The maximum Gasteiger partial charge on any atom is 0.229 e. The summed E-state index contributed by atoms with van der Waals surface area (Å²) < 4.78 is 0. The van der Waals surface area contributed by atoms with E-state index in [-0.39, 0.29) is 17.7 Å². The summed E-state index contributed by atoms with van der Waals surface area (Å²) in [5.74, 6) is 0.437. The van der Waals surface area contributed by atoms with Gasteiger partial charge < -0.3 is 10.2 Å². The van der Waals surface area contributed by atoms with Crippen molar-refractivity contribution in [3.05, 3.63) is 29.8 Å². The zero-order valence-corrected chi connectivity index (χ0v) is 15.5. The van der Waals surface area contributed by atoms with Crippen LogP contribution < -0.4 is 5.32 Å². The Labute approximate surface area is 151 Å². The molecule has 1 aliphatic heterocycles. The number of likely N-dealkylation sites (tertiary alicyclic amines) is 1. The minimum atomic E-state index is -0.219. The van der Waals surface area contributed by atoms with E-state index in [9.17, 15) is 9.59 Å². The maximum atomic E-state index is 12.6. The van der Waals surface area contributed by atoms with E-state index in [0.29, 0.717) is 24.9 Å². The zero-order chi connectivity index (χ0) is 17.8. The molecule has 4 nitrogen and oxygen atoms in total. The average Bonchev–Trinajstić information content (AvgIpc) is 3.04. The smallest absolute Gasteiger partial charge is 0.229 e. The molecule has 2 amide bonds. The van der Waals surface area contributed by atoms with Crippen LogP contribution in [0.3, 0.4) is 0 Å². The molecule has 0 spiro atoms. The van der Waals surface area contributed by atoms with Gasteiger partial charge >= 0.3 is 0 Å². The lowest BCUT2D eigenvalue weighted by molar-refractivity contribution is -0.130. The number of rotatable bonds is 5. The van der Waals surface area contributed by atoms with Crippen LogP contribution in [0.15, 0.2) is 24.3 Å². The third-order valence-corrected chi connectivity index (χ3v) is 5.90. The van der Waals surface area contributed by atoms with Gasteiger partial charge in [-0.3, -0.25) is 9.59 Å². The first kappa shape index (κ1) is 18.0. The van der Waals surface area contributed by atoms with Gasteiger partial charge in [0.1, 0.15) is 0 Å². The van der Waals surface area contributed by atoms with Crippen LogP contribution >= 0.6 is 0 Å². The van der Waals surface area contributed by atoms with E-state index in [4.69, 9.17) is 0 Å². The molecule has 2 fully saturated rings. The molecule has 2 atom stereocenters. The van der Waals surface area contributed by atoms with Gasteiger partial charge in [0.05, 0.1) is 5.92 Å². The molecule has 0 aromatic heterocycles. The van der Waals surface area contributed by atoms with E-state index in [0.717, 1.165) is 24.9 Å². The van der Waals surface area contributed by atoms with E-state index in [1.54, 1.807) is 0 Å². The second-order valence-corrected chi connectivity index (χ2v) is 7.66. The fourth-order valence-corrected chi connectivity index (χ4v) is 4.03. The molecule has 0 radical (unpaired) electrons. The Balaban J connectivity index is 1.57. The van der Waals surface area contributed by atoms with Crippen molar-refractivity contribution < 1.29 is 9.59 Å². The lowest BCUT2D eigenvalue weighted by Crippen LogP contribution is -2.38. The minimum absolute atomic E-state index is 0.0250. The van der Waals surface area contributed by atoms with Crippen molar-refractivity contribution in [1.82, 2.24) is 4.90 Å². The van der Waals surface area contributed by atoms with E-state index in [1.165, 1.54) is 24.8 Å². The molecule has 1 heterocycles. The number of carbonyl (C=O) groups is 2. The third kappa shape index (κ3) is 4.23. The first-order valence-electron chi connectivity index (χ1n) is 9.78. The fourth-order valence-electron chi connectivity index (χ4n) is 4.03. The fraction of sp³-hybridized carbons (Fsp3) is 0.619. The predicted octanol–water partition coefficient (Wildman–Crippen LogP) is 4.32. The summed E-state index contributed by atoms with van der Waals surface area (Å²) in [6, 6.07) is 8.45. The lowest BCUT2D eigenvalue weighted by Gasteiger charge is -2.31. The van der Waals surface area contributed by atoms with Crippen molar-refractivity contribution >= 4 is 17.5 Å². The van der Waals surface area contributed by atoms with Crippen LogP contribution in [0, 0.1) is 5.92 Å². The van der Waals surface area contributed by atoms with Crippen LogP contribution in [0.1, 0.15) is 70.3 Å². The van der Waals surface area contributed by atoms with E-state index < -0.39 is 0 Å². The number of benzene rings is 1.